The maximum Gasteiger partial charge on any atom is 0.317 e. The first-order valence-electron chi connectivity index (χ1n) is 4.60. The summed E-state index contributed by atoms with van der Waals surface area (Å²) >= 11 is 0. The Morgan fingerprint density at radius 2 is 1.85 bits per heavy atom. The standard InChI is InChI=1S/C9H14O4/c10-8(11)6-9(12)13-7-4-2-1-3-5-7/h7H,1-6H2,(H,10,11). The molecule has 0 bridgehead atoms. The lowest BCUT2D eigenvalue weighted by Gasteiger charge is -2.21. The van der Waals surface area contributed by atoms with Gasteiger partial charge in [0.2, 0.25) is 0 Å². The lowest BCUT2D eigenvalue weighted by atomic mass is 9.98. The third-order valence-electron chi connectivity index (χ3n) is 2.15. The molecule has 74 valence electrons. The number of carbonyl (C=O) groups excluding carboxylic acids is 1. The van der Waals surface area contributed by atoms with E-state index in [2.05, 4.69) is 0 Å². The molecule has 0 radical (unpaired) electrons. The van der Waals surface area contributed by atoms with E-state index in [0.717, 1.165) is 25.7 Å². The van der Waals surface area contributed by atoms with Gasteiger partial charge < -0.3 is 9.84 Å². The van der Waals surface area contributed by atoms with Gasteiger partial charge in [-0.05, 0) is 25.7 Å². The molecular weight excluding hydrogens is 172 g/mol. The number of hydrogen-bond donors (Lipinski definition) is 1. The summed E-state index contributed by atoms with van der Waals surface area (Å²) in [6, 6.07) is 0. The topological polar surface area (TPSA) is 63.6 Å². The van der Waals surface area contributed by atoms with Crippen LogP contribution in [0.3, 0.4) is 0 Å². The summed E-state index contributed by atoms with van der Waals surface area (Å²) in [4.78, 5) is 21.1. The maximum absolute atomic E-state index is 10.9. The van der Waals surface area contributed by atoms with Gasteiger partial charge in [-0.2, -0.15) is 0 Å². The van der Waals surface area contributed by atoms with Gasteiger partial charge in [-0.3, -0.25) is 9.59 Å². The fourth-order valence-corrected chi connectivity index (χ4v) is 1.53. The van der Waals surface area contributed by atoms with Gasteiger partial charge in [0.05, 0.1) is 0 Å². The van der Waals surface area contributed by atoms with Crippen LogP contribution in [0.4, 0.5) is 0 Å². The molecule has 4 heteroatoms. The molecule has 1 fully saturated rings. The minimum atomic E-state index is -1.12. The molecule has 1 aliphatic rings. The zero-order chi connectivity index (χ0) is 9.68. The van der Waals surface area contributed by atoms with Crippen molar-refractivity contribution < 1.29 is 19.4 Å². The van der Waals surface area contributed by atoms with Crippen molar-refractivity contribution in [1.82, 2.24) is 0 Å². The Morgan fingerprint density at radius 3 is 2.38 bits per heavy atom. The molecule has 0 atom stereocenters. The third kappa shape index (κ3) is 3.92. The number of hydrogen-bond acceptors (Lipinski definition) is 3. The molecule has 1 saturated carbocycles. The van der Waals surface area contributed by atoms with E-state index in [4.69, 9.17) is 9.84 Å². The first-order valence-corrected chi connectivity index (χ1v) is 4.60. The van der Waals surface area contributed by atoms with Crippen LogP contribution >= 0.6 is 0 Å². The summed E-state index contributed by atoms with van der Waals surface area (Å²) in [7, 11) is 0. The molecule has 1 aliphatic carbocycles. The molecule has 0 saturated heterocycles. The number of carboxylic acids is 1. The number of esters is 1. The number of carbonyl (C=O) groups is 2. The number of rotatable bonds is 3. The second-order valence-electron chi connectivity index (χ2n) is 3.32. The molecule has 0 aliphatic heterocycles. The van der Waals surface area contributed by atoms with Gasteiger partial charge in [-0.25, -0.2) is 0 Å². The molecule has 0 aromatic heterocycles. The van der Waals surface area contributed by atoms with E-state index in [-0.39, 0.29) is 6.10 Å². The number of ether oxygens (including phenoxy) is 1. The molecule has 13 heavy (non-hydrogen) atoms. The largest absolute Gasteiger partial charge is 0.481 e. The van der Waals surface area contributed by atoms with Crippen molar-refractivity contribution in [3.8, 4) is 0 Å². The normalized spacial score (nSPS) is 18.2. The van der Waals surface area contributed by atoms with Crippen molar-refractivity contribution in [3.05, 3.63) is 0 Å². The highest BCUT2D eigenvalue weighted by atomic mass is 16.5. The van der Waals surface area contributed by atoms with E-state index >= 15 is 0 Å². The van der Waals surface area contributed by atoms with Crippen LogP contribution in [0.2, 0.25) is 0 Å². The molecule has 0 unspecified atom stereocenters. The van der Waals surface area contributed by atoms with Crippen LogP contribution in [0.15, 0.2) is 0 Å². The first-order chi connectivity index (χ1) is 6.18. The third-order valence-corrected chi connectivity index (χ3v) is 2.15. The van der Waals surface area contributed by atoms with Crippen LogP contribution in [0.25, 0.3) is 0 Å². The molecule has 1 N–H and O–H groups in total. The van der Waals surface area contributed by atoms with Gasteiger partial charge in [0.15, 0.2) is 0 Å². The van der Waals surface area contributed by atoms with E-state index in [1.165, 1.54) is 6.42 Å². The zero-order valence-corrected chi connectivity index (χ0v) is 7.49. The van der Waals surface area contributed by atoms with Gasteiger partial charge in [0.1, 0.15) is 12.5 Å². The van der Waals surface area contributed by atoms with Crippen LogP contribution in [-0.2, 0) is 14.3 Å². The highest BCUT2D eigenvalue weighted by Gasteiger charge is 2.18. The lowest BCUT2D eigenvalue weighted by Crippen LogP contribution is -2.22. The van der Waals surface area contributed by atoms with Crippen LogP contribution in [0, 0.1) is 0 Å². The van der Waals surface area contributed by atoms with Crippen LogP contribution in [0.5, 0.6) is 0 Å². The zero-order valence-electron chi connectivity index (χ0n) is 7.49. The SMILES string of the molecule is O=C(O)CC(=O)OC1CCCCC1. The predicted molar refractivity (Wildman–Crippen MR) is 45.2 cm³/mol. The summed E-state index contributed by atoms with van der Waals surface area (Å²) in [6.45, 7) is 0. The second kappa shape index (κ2) is 4.84. The summed E-state index contributed by atoms with van der Waals surface area (Å²) < 4.78 is 4.98. The molecule has 0 amide bonds. The Labute approximate surface area is 76.9 Å². The summed E-state index contributed by atoms with van der Waals surface area (Å²) in [6.07, 6.45) is 4.54. The number of aliphatic carboxylic acids is 1. The van der Waals surface area contributed by atoms with Gasteiger partial charge in [-0.15, -0.1) is 0 Å². The smallest absolute Gasteiger partial charge is 0.317 e. The average molecular weight is 186 g/mol. The quantitative estimate of drug-likeness (QED) is 0.533. The van der Waals surface area contributed by atoms with Gasteiger partial charge in [-0.1, -0.05) is 6.42 Å². The summed E-state index contributed by atoms with van der Waals surface area (Å²) in [5.41, 5.74) is 0. The second-order valence-corrected chi connectivity index (χ2v) is 3.32. The Hall–Kier alpha value is -1.06. The van der Waals surface area contributed by atoms with Crippen molar-refractivity contribution in [3.63, 3.8) is 0 Å². The van der Waals surface area contributed by atoms with Crippen molar-refractivity contribution >= 4 is 11.9 Å². The molecular formula is C9H14O4. The molecule has 4 nitrogen and oxygen atoms in total. The maximum atomic E-state index is 10.9. The average Bonchev–Trinajstić information content (AvgIpc) is 2.04. The van der Waals surface area contributed by atoms with Gasteiger partial charge in [0, 0.05) is 0 Å². The van der Waals surface area contributed by atoms with E-state index < -0.39 is 18.4 Å². The van der Waals surface area contributed by atoms with Crippen molar-refractivity contribution in [2.75, 3.05) is 0 Å². The van der Waals surface area contributed by atoms with E-state index in [1.54, 1.807) is 0 Å². The van der Waals surface area contributed by atoms with Crippen molar-refractivity contribution in [1.29, 1.82) is 0 Å². The molecule has 0 aromatic carbocycles. The summed E-state index contributed by atoms with van der Waals surface area (Å²) in [5.74, 6) is -1.74. The lowest BCUT2D eigenvalue weighted by molar-refractivity contribution is -0.156. The highest BCUT2D eigenvalue weighted by molar-refractivity contribution is 5.90. The van der Waals surface area contributed by atoms with Gasteiger partial charge in [0.25, 0.3) is 0 Å². The molecule has 0 heterocycles. The van der Waals surface area contributed by atoms with E-state index in [0.29, 0.717) is 0 Å². The molecule has 1 rings (SSSR count). The van der Waals surface area contributed by atoms with Gasteiger partial charge >= 0.3 is 11.9 Å². The monoisotopic (exact) mass is 186 g/mol. The Morgan fingerprint density at radius 1 is 1.23 bits per heavy atom. The van der Waals surface area contributed by atoms with Crippen LogP contribution < -0.4 is 0 Å². The van der Waals surface area contributed by atoms with E-state index in [1.807, 2.05) is 0 Å². The van der Waals surface area contributed by atoms with Crippen molar-refractivity contribution in [2.24, 2.45) is 0 Å². The van der Waals surface area contributed by atoms with Crippen LogP contribution in [-0.4, -0.2) is 23.1 Å². The number of carboxylic acid groups (broad SMARTS) is 1. The van der Waals surface area contributed by atoms with Crippen LogP contribution in [0.1, 0.15) is 38.5 Å². The highest BCUT2D eigenvalue weighted by Crippen LogP contribution is 2.20. The molecule has 0 aromatic rings. The van der Waals surface area contributed by atoms with Crippen molar-refractivity contribution in [2.45, 2.75) is 44.6 Å². The fraction of sp³-hybridized carbons (Fsp3) is 0.778. The Bertz CT molecular complexity index is 194. The first kappa shape index (κ1) is 10.0. The summed E-state index contributed by atoms with van der Waals surface area (Å²) in [5, 5.41) is 8.31. The Balaban J connectivity index is 2.22. The Kier molecular flexibility index (Phi) is 3.73. The minimum Gasteiger partial charge on any atom is -0.481 e. The minimum absolute atomic E-state index is 0.0411. The van der Waals surface area contributed by atoms with E-state index in [9.17, 15) is 9.59 Å². The predicted octanol–water partition coefficient (Wildman–Crippen LogP) is 1.34. The fourth-order valence-electron chi connectivity index (χ4n) is 1.53. The molecule has 0 spiro atoms.